The lowest BCUT2D eigenvalue weighted by atomic mass is 10.2. The summed E-state index contributed by atoms with van der Waals surface area (Å²) in [6.07, 6.45) is 5.19. The third-order valence-electron chi connectivity index (χ3n) is 2.63. The van der Waals surface area contributed by atoms with Gasteiger partial charge in [-0.25, -0.2) is 9.97 Å². The van der Waals surface area contributed by atoms with Gasteiger partial charge in [0.15, 0.2) is 0 Å². The van der Waals surface area contributed by atoms with Crippen LogP contribution in [0.3, 0.4) is 0 Å². The molecule has 0 spiro atoms. The fourth-order valence-corrected chi connectivity index (χ4v) is 2.95. The number of hydrogen-bond acceptors (Lipinski definition) is 5. The third-order valence-corrected chi connectivity index (χ3v) is 4.03. The summed E-state index contributed by atoms with van der Waals surface area (Å²) in [7, 11) is 0. The largest absolute Gasteiger partial charge is 0.478 e. The molecule has 1 aromatic rings. The second-order valence-electron chi connectivity index (χ2n) is 4.11. The molecule has 17 heavy (non-hydrogen) atoms. The first-order valence-corrected chi connectivity index (χ1v) is 7.23. The van der Waals surface area contributed by atoms with Gasteiger partial charge < -0.3 is 10.1 Å². The van der Waals surface area contributed by atoms with Crippen LogP contribution in [0.4, 0.5) is 5.82 Å². The molecule has 1 fully saturated rings. The fraction of sp³-hybridized carbons (Fsp3) is 0.667. The van der Waals surface area contributed by atoms with Gasteiger partial charge in [0.2, 0.25) is 5.88 Å². The molecule has 1 atom stereocenters. The zero-order chi connectivity index (χ0) is 11.9. The monoisotopic (exact) mass is 253 g/mol. The van der Waals surface area contributed by atoms with Gasteiger partial charge in [0.25, 0.3) is 0 Å². The normalized spacial score (nSPS) is 19.2. The maximum Gasteiger partial charge on any atom is 0.218 e. The number of nitrogens with zero attached hydrogens (tertiary/aromatic N) is 2. The van der Waals surface area contributed by atoms with Gasteiger partial charge in [-0.1, -0.05) is 6.92 Å². The summed E-state index contributed by atoms with van der Waals surface area (Å²) in [6.45, 7) is 3.77. The highest BCUT2D eigenvalue weighted by molar-refractivity contribution is 8.00. The van der Waals surface area contributed by atoms with Crippen LogP contribution >= 0.6 is 11.8 Å². The number of aromatic nitrogens is 2. The van der Waals surface area contributed by atoms with Crippen molar-refractivity contribution in [1.82, 2.24) is 9.97 Å². The second-order valence-corrected chi connectivity index (χ2v) is 5.51. The van der Waals surface area contributed by atoms with Crippen LogP contribution < -0.4 is 10.1 Å². The molecule has 2 rings (SSSR count). The molecule has 5 heteroatoms. The molecule has 0 amide bonds. The molecule has 0 aliphatic carbocycles. The van der Waals surface area contributed by atoms with E-state index in [2.05, 4.69) is 22.2 Å². The van der Waals surface area contributed by atoms with E-state index < -0.39 is 0 Å². The summed E-state index contributed by atoms with van der Waals surface area (Å²) in [6, 6.07) is 1.87. The molecule has 1 saturated heterocycles. The van der Waals surface area contributed by atoms with Crippen molar-refractivity contribution in [2.45, 2.75) is 31.4 Å². The van der Waals surface area contributed by atoms with Gasteiger partial charge in [0, 0.05) is 17.9 Å². The van der Waals surface area contributed by atoms with Crippen molar-refractivity contribution in [1.29, 1.82) is 0 Å². The van der Waals surface area contributed by atoms with Crippen molar-refractivity contribution in [3.8, 4) is 5.88 Å². The molecule has 0 radical (unpaired) electrons. The minimum Gasteiger partial charge on any atom is -0.478 e. The van der Waals surface area contributed by atoms with Crippen LogP contribution in [0.15, 0.2) is 12.4 Å². The average Bonchev–Trinajstić information content (AvgIpc) is 2.87. The Balaban J connectivity index is 1.82. The SMILES string of the molecule is CCCOc1cc(NCC2CCCS2)ncn1. The van der Waals surface area contributed by atoms with E-state index in [0.717, 1.165) is 24.0 Å². The highest BCUT2D eigenvalue weighted by Gasteiger charge is 2.15. The predicted molar refractivity (Wildman–Crippen MR) is 71.8 cm³/mol. The van der Waals surface area contributed by atoms with E-state index in [0.29, 0.717) is 12.5 Å². The first-order valence-electron chi connectivity index (χ1n) is 6.19. The molecule has 1 unspecified atom stereocenters. The zero-order valence-corrected chi connectivity index (χ0v) is 11.0. The van der Waals surface area contributed by atoms with Crippen molar-refractivity contribution >= 4 is 17.6 Å². The number of hydrogen-bond donors (Lipinski definition) is 1. The molecule has 0 aromatic carbocycles. The first kappa shape index (κ1) is 12.5. The zero-order valence-electron chi connectivity index (χ0n) is 10.2. The number of ether oxygens (including phenoxy) is 1. The summed E-state index contributed by atoms with van der Waals surface area (Å²) >= 11 is 2.04. The molecular formula is C12H19N3OS. The standard InChI is InChI=1S/C12H19N3OS/c1-2-5-16-12-7-11(14-9-15-12)13-8-10-4-3-6-17-10/h7,9-10H,2-6,8H2,1H3,(H,13,14,15). The Kier molecular flexibility index (Phi) is 4.91. The Bertz CT molecular complexity index is 342. The van der Waals surface area contributed by atoms with Crippen LogP contribution in [0.2, 0.25) is 0 Å². The van der Waals surface area contributed by atoms with Gasteiger partial charge >= 0.3 is 0 Å². The Morgan fingerprint density at radius 2 is 2.47 bits per heavy atom. The third kappa shape index (κ3) is 4.07. The predicted octanol–water partition coefficient (Wildman–Crippen LogP) is 2.57. The van der Waals surface area contributed by atoms with Gasteiger partial charge in [0.1, 0.15) is 12.1 Å². The highest BCUT2D eigenvalue weighted by Crippen LogP contribution is 2.26. The van der Waals surface area contributed by atoms with Crippen molar-refractivity contribution in [3.63, 3.8) is 0 Å². The Morgan fingerprint density at radius 3 is 3.24 bits per heavy atom. The quantitative estimate of drug-likeness (QED) is 0.844. The molecule has 0 saturated carbocycles. The molecule has 1 aliphatic heterocycles. The lowest BCUT2D eigenvalue weighted by molar-refractivity contribution is 0.305. The molecule has 1 aliphatic rings. The Labute approximate surface area is 107 Å². The summed E-state index contributed by atoms with van der Waals surface area (Å²) in [4.78, 5) is 8.28. The van der Waals surface area contributed by atoms with E-state index in [1.54, 1.807) is 6.33 Å². The minimum absolute atomic E-state index is 0.656. The molecule has 1 aromatic heterocycles. The Morgan fingerprint density at radius 1 is 1.53 bits per heavy atom. The Hall–Kier alpha value is -0.970. The van der Waals surface area contributed by atoms with Gasteiger partial charge in [-0.15, -0.1) is 0 Å². The summed E-state index contributed by atoms with van der Waals surface area (Å²) in [5.41, 5.74) is 0. The molecule has 4 nitrogen and oxygen atoms in total. The summed E-state index contributed by atoms with van der Waals surface area (Å²) < 4.78 is 5.47. The van der Waals surface area contributed by atoms with Crippen LogP contribution in [0.1, 0.15) is 26.2 Å². The first-order chi connectivity index (χ1) is 8.38. The number of anilines is 1. The molecule has 94 valence electrons. The average molecular weight is 253 g/mol. The van der Waals surface area contributed by atoms with E-state index in [1.807, 2.05) is 17.8 Å². The fourth-order valence-electron chi connectivity index (χ4n) is 1.75. The van der Waals surface area contributed by atoms with E-state index >= 15 is 0 Å². The molecule has 0 bridgehead atoms. The van der Waals surface area contributed by atoms with Gasteiger partial charge in [-0.05, 0) is 25.0 Å². The van der Waals surface area contributed by atoms with Gasteiger partial charge in [-0.2, -0.15) is 11.8 Å². The molecule has 2 heterocycles. The van der Waals surface area contributed by atoms with Crippen molar-refractivity contribution in [2.75, 3.05) is 24.2 Å². The van der Waals surface area contributed by atoms with Crippen molar-refractivity contribution < 1.29 is 4.74 Å². The minimum atomic E-state index is 0.656. The summed E-state index contributed by atoms with van der Waals surface area (Å²) in [5.74, 6) is 2.81. The van der Waals surface area contributed by atoms with Crippen LogP contribution in [0, 0.1) is 0 Å². The van der Waals surface area contributed by atoms with Crippen LogP contribution in [-0.4, -0.2) is 34.1 Å². The maximum absolute atomic E-state index is 5.47. The van der Waals surface area contributed by atoms with Crippen molar-refractivity contribution in [2.24, 2.45) is 0 Å². The summed E-state index contributed by atoms with van der Waals surface area (Å²) in [5, 5.41) is 4.08. The van der Waals surface area contributed by atoms with Gasteiger partial charge in [-0.3, -0.25) is 0 Å². The topological polar surface area (TPSA) is 47.0 Å². The van der Waals surface area contributed by atoms with E-state index in [9.17, 15) is 0 Å². The number of nitrogens with one attached hydrogen (secondary N) is 1. The van der Waals surface area contributed by atoms with Gasteiger partial charge in [0.05, 0.1) is 6.61 Å². The smallest absolute Gasteiger partial charge is 0.218 e. The van der Waals surface area contributed by atoms with E-state index in [4.69, 9.17) is 4.74 Å². The molecule has 1 N–H and O–H groups in total. The van der Waals surface area contributed by atoms with Crippen LogP contribution in [0.5, 0.6) is 5.88 Å². The maximum atomic E-state index is 5.47. The molecular weight excluding hydrogens is 234 g/mol. The second kappa shape index (κ2) is 6.69. The van der Waals surface area contributed by atoms with Crippen molar-refractivity contribution in [3.05, 3.63) is 12.4 Å². The van der Waals surface area contributed by atoms with Crippen LogP contribution in [0.25, 0.3) is 0 Å². The number of thioether (sulfide) groups is 1. The lowest BCUT2D eigenvalue weighted by Gasteiger charge is -2.11. The van der Waals surface area contributed by atoms with E-state index in [-0.39, 0.29) is 0 Å². The number of rotatable bonds is 6. The lowest BCUT2D eigenvalue weighted by Crippen LogP contribution is -2.14. The van der Waals surface area contributed by atoms with Crippen LogP contribution in [-0.2, 0) is 0 Å². The highest BCUT2D eigenvalue weighted by atomic mass is 32.2. The van der Waals surface area contributed by atoms with E-state index in [1.165, 1.54) is 18.6 Å².